The molecule has 1 atom stereocenters. The third-order valence-electron chi connectivity index (χ3n) is 8.01. The second-order valence-electron chi connectivity index (χ2n) is 11.1. The summed E-state index contributed by atoms with van der Waals surface area (Å²) in [5, 5.41) is 7.95. The number of benzene rings is 2. The molecule has 41 heavy (non-hydrogen) atoms. The van der Waals surface area contributed by atoms with Gasteiger partial charge in [0.15, 0.2) is 9.84 Å². The lowest BCUT2D eigenvalue weighted by Gasteiger charge is -2.25. The van der Waals surface area contributed by atoms with Gasteiger partial charge in [-0.05, 0) is 86.4 Å². The summed E-state index contributed by atoms with van der Waals surface area (Å²) < 4.78 is 47.5. The van der Waals surface area contributed by atoms with Gasteiger partial charge in [-0.1, -0.05) is 18.6 Å². The van der Waals surface area contributed by atoms with Crippen LogP contribution in [0.5, 0.6) is 11.6 Å². The number of hydrogen-bond donors (Lipinski definition) is 2. The minimum atomic E-state index is -3.47. The van der Waals surface area contributed by atoms with Crippen LogP contribution in [0.25, 0.3) is 22.0 Å². The second-order valence-corrected chi connectivity index (χ2v) is 13.2. The van der Waals surface area contributed by atoms with Crippen LogP contribution in [0.4, 0.5) is 10.3 Å². The zero-order chi connectivity index (χ0) is 28.4. The van der Waals surface area contributed by atoms with Crippen molar-refractivity contribution in [3.8, 4) is 22.9 Å². The van der Waals surface area contributed by atoms with Crippen molar-refractivity contribution < 1.29 is 17.5 Å². The van der Waals surface area contributed by atoms with Crippen molar-refractivity contribution in [1.82, 2.24) is 20.3 Å². The molecule has 8 nitrogen and oxygen atoms in total. The smallest absolute Gasteiger partial charge is 0.228 e. The van der Waals surface area contributed by atoms with Gasteiger partial charge in [0.25, 0.3) is 0 Å². The van der Waals surface area contributed by atoms with E-state index in [2.05, 4.69) is 20.6 Å². The van der Waals surface area contributed by atoms with Gasteiger partial charge in [-0.25, -0.2) is 27.8 Å². The van der Waals surface area contributed by atoms with E-state index in [1.54, 1.807) is 24.5 Å². The van der Waals surface area contributed by atoms with Gasteiger partial charge in [0.05, 0.1) is 22.8 Å². The van der Waals surface area contributed by atoms with Gasteiger partial charge in [0.2, 0.25) is 11.8 Å². The first-order chi connectivity index (χ1) is 19.9. The van der Waals surface area contributed by atoms with E-state index in [-0.39, 0.29) is 29.0 Å². The molecule has 2 aliphatic rings. The molecule has 1 saturated carbocycles. The van der Waals surface area contributed by atoms with E-state index in [0.717, 1.165) is 50.8 Å². The predicted molar refractivity (Wildman–Crippen MR) is 158 cm³/mol. The Bertz CT molecular complexity index is 1670. The predicted octanol–water partition coefficient (Wildman–Crippen LogP) is 5.81. The summed E-state index contributed by atoms with van der Waals surface area (Å²) in [4.78, 5) is 13.7. The summed E-state index contributed by atoms with van der Waals surface area (Å²) in [5.74, 6) is 0.794. The van der Waals surface area contributed by atoms with E-state index in [4.69, 9.17) is 9.72 Å². The molecule has 4 aromatic rings. The number of aromatic nitrogens is 3. The van der Waals surface area contributed by atoms with Gasteiger partial charge in [0, 0.05) is 35.9 Å². The van der Waals surface area contributed by atoms with Crippen LogP contribution in [0.3, 0.4) is 0 Å². The summed E-state index contributed by atoms with van der Waals surface area (Å²) in [6, 6.07) is 12.3. The maximum Gasteiger partial charge on any atom is 0.228 e. The number of rotatable bonds is 9. The summed E-state index contributed by atoms with van der Waals surface area (Å²) in [6.07, 6.45) is 8.40. The number of halogens is 1. The van der Waals surface area contributed by atoms with Crippen LogP contribution in [0, 0.1) is 18.7 Å². The highest BCUT2D eigenvalue weighted by Gasteiger charge is 2.27. The van der Waals surface area contributed by atoms with Crippen LogP contribution in [-0.4, -0.2) is 48.3 Å². The summed E-state index contributed by atoms with van der Waals surface area (Å²) in [6.45, 7) is 3.78. The zero-order valence-corrected chi connectivity index (χ0v) is 23.9. The molecular weight excluding hydrogens is 541 g/mol. The number of anilines is 1. The SMILES string of the molecule is Cc1ccc2c(CS(=O)(=O)CC3CCC3)c(F)ccc2c1Oc1ncccc1-c1ccnc(N[C@H]2CCCNC2)n1. The number of aryl methyl sites for hydroxylation is 1. The number of fused-ring (bicyclic) bond motifs is 1. The molecule has 1 aliphatic carbocycles. The van der Waals surface area contributed by atoms with Crippen LogP contribution >= 0.6 is 0 Å². The Morgan fingerprint density at radius 1 is 1.02 bits per heavy atom. The van der Waals surface area contributed by atoms with Gasteiger partial charge in [0.1, 0.15) is 11.6 Å². The Morgan fingerprint density at radius 3 is 2.66 bits per heavy atom. The second kappa shape index (κ2) is 11.7. The largest absolute Gasteiger partial charge is 0.437 e. The van der Waals surface area contributed by atoms with E-state index in [1.165, 1.54) is 6.07 Å². The third-order valence-corrected chi connectivity index (χ3v) is 9.72. The van der Waals surface area contributed by atoms with Crippen molar-refractivity contribution in [2.45, 2.75) is 50.8 Å². The molecule has 0 amide bonds. The van der Waals surface area contributed by atoms with Crippen LogP contribution in [-0.2, 0) is 15.6 Å². The highest BCUT2D eigenvalue weighted by Crippen LogP contribution is 2.39. The van der Waals surface area contributed by atoms with Gasteiger partial charge in [-0.2, -0.15) is 0 Å². The lowest BCUT2D eigenvalue weighted by atomic mass is 9.87. The molecular formula is C31H34FN5O3S. The molecule has 2 N–H and O–H groups in total. The molecule has 0 radical (unpaired) electrons. The van der Waals surface area contributed by atoms with E-state index in [9.17, 15) is 8.42 Å². The zero-order valence-electron chi connectivity index (χ0n) is 23.1. The number of nitrogens with zero attached hydrogens (tertiary/aromatic N) is 3. The monoisotopic (exact) mass is 575 g/mol. The highest BCUT2D eigenvalue weighted by atomic mass is 32.2. The van der Waals surface area contributed by atoms with Crippen LogP contribution in [0.2, 0.25) is 0 Å². The van der Waals surface area contributed by atoms with Crippen molar-refractivity contribution in [1.29, 1.82) is 0 Å². The van der Waals surface area contributed by atoms with Crippen molar-refractivity contribution in [2.75, 3.05) is 24.2 Å². The molecule has 2 fully saturated rings. The van der Waals surface area contributed by atoms with E-state index in [0.29, 0.717) is 39.6 Å². The van der Waals surface area contributed by atoms with Crippen molar-refractivity contribution in [3.63, 3.8) is 0 Å². The first-order valence-electron chi connectivity index (χ1n) is 14.2. The normalized spacial score (nSPS) is 17.8. The standard InChI is InChI=1S/C31H34FN5O3S/c1-20-9-10-23-24(11-12-27(32)26(23)19-41(38,39)18-21-5-2-6-21)29(20)40-30-25(8-4-15-34-30)28-13-16-35-31(37-28)36-22-7-3-14-33-17-22/h4,8-13,15-16,21-22,33H,2-3,5-7,14,17-19H2,1H3,(H,35,36,37)/t22-/m0/s1. The fourth-order valence-electron chi connectivity index (χ4n) is 5.60. The molecule has 2 aromatic carbocycles. The third kappa shape index (κ3) is 6.18. The van der Waals surface area contributed by atoms with E-state index in [1.807, 2.05) is 31.2 Å². The van der Waals surface area contributed by atoms with Crippen LogP contribution < -0.4 is 15.4 Å². The van der Waals surface area contributed by atoms with E-state index >= 15 is 4.39 Å². The van der Waals surface area contributed by atoms with E-state index < -0.39 is 15.7 Å². The number of ether oxygens (including phenoxy) is 1. The lowest BCUT2D eigenvalue weighted by Crippen LogP contribution is -2.38. The Balaban J connectivity index is 1.33. The molecule has 1 saturated heterocycles. The number of sulfone groups is 1. The molecule has 3 heterocycles. The fourth-order valence-corrected chi connectivity index (χ4v) is 7.50. The summed E-state index contributed by atoms with van der Waals surface area (Å²) >= 11 is 0. The van der Waals surface area contributed by atoms with Crippen molar-refractivity contribution >= 4 is 26.6 Å². The first kappa shape index (κ1) is 27.5. The minimum absolute atomic E-state index is 0.0996. The maximum atomic E-state index is 15.1. The number of piperidine rings is 1. The average molecular weight is 576 g/mol. The Labute approximate surface area is 239 Å². The summed E-state index contributed by atoms with van der Waals surface area (Å²) in [5.41, 5.74) is 2.33. The molecule has 2 aromatic heterocycles. The summed E-state index contributed by atoms with van der Waals surface area (Å²) in [7, 11) is -3.47. The number of hydrogen-bond acceptors (Lipinski definition) is 8. The van der Waals surface area contributed by atoms with Gasteiger partial charge in [-0.3, -0.25) is 0 Å². The van der Waals surface area contributed by atoms with Crippen molar-refractivity contribution in [2.24, 2.45) is 5.92 Å². The minimum Gasteiger partial charge on any atom is -0.437 e. The van der Waals surface area contributed by atoms with Crippen LogP contribution in [0.15, 0.2) is 54.9 Å². The number of pyridine rings is 1. The molecule has 10 heteroatoms. The Hall–Kier alpha value is -3.63. The topological polar surface area (TPSA) is 106 Å². The van der Waals surface area contributed by atoms with Gasteiger partial charge >= 0.3 is 0 Å². The molecule has 6 rings (SSSR count). The molecule has 0 unspecified atom stereocenters. The Morgan fingerprint density at radius 2 is 1.88 bits per heavy atom. The number of nitrogens with one attached hydrogen (secondary N) is 2. The molecule has 0 spiro atoms. The average Bonchev–Trinajstić information content (AvgIpc) is 2.95. The van der Waals surface area contributed by atoms with Crippen LogP contribution in [0.1, 0.15) is 43.2 Å². The lowest BCUT2D eigenvalue weighted by molar-refractivity contribution is 0.347. The van der Waals surface area contributed by atoms with Gasteiger partial charge < -0.3 is 15.4 Å². The maximum absolute atomic E-state index is 15.1. The van der Waals surface area contributed by atoms with Crippen molar-refractivity contribution in [3.05, 3.63) is 71.8 Å². The fraction of sp³-hybridized carbons (Fsp3) is 0.387. The quantitative estimate of drug-likeness (QED) is 0.258. The molecule has 1 aliphatic heterocycles. The van der Waals surface area contributed by atoms with Gasteiger partial charge in [-0.15, -0.1) is 0 Å². The first-order valence-corrected chi connectivity index (χ1v) is 16.0. The molecule has 0 bridgehead atoms. The Kier molecular flexibility index (Phi) is 7.86. The highest BCUT2D eigenvalue weighted by molar-refractivity contribution is 7.90. The molecule has 214 valence electrons.